The van der Waals surface area contributed by atoms with E-state index in [9.17, 15) is 13.2 Å². The van der Waals surface area contributed by atoms with E-state index in [4.69, 9.17) is 4.52 Å². The van der Waals surface area contributed by atoms with Crippen molar-refractivity contribution < 1.29 is 17.7 Å². The summed E-state index contributed by atoms with van der Waals surface area (Å²) < 4.78 is 28.6. The lowest BCUT2D eigenvalue weighted by atomic mass is 10.2. The van der Waals surface area contributed by atoms with Crippen LogP contribution in [0.25, 0.3) is 0 Å². The molecule has 0 unspecified atom stereocenters. The van der Waals surface area contributed by atoms with Crippen molar-refractivity contribution in [1.29, 1.82) is 0 Å². The molecule has 124 valence electrons. The van der Waals surface area contributed by atoms with Crippen LogP contribution in [0, 0.1) is 13.8 Å². The van der Waals surface area contributed by atoms with Crippen molar-refractivity contribution in [2.24, 2.45) is 0 Å². The lowest BCUT2D eigenvalue weighted by molar-refractivity contribution is 0.245. The number of benzene rings is 1. The number of aromatic nitrogens is 2. The molecule has 1 aromatic heterocycles. The molecule has 2 aromatic rings. The average molecular weight is 338 g/mol. The number of nitrogens with one attached hydrogen (secondary N) is 2. The van der Waals surface area contributed by atoms with Gasteiger partial charge < -0.3 is 15.2 Å². The summed E-state index contributed by atoms with van der Waals surface area (Å²) in [5.74, 6) is 0.734. The highest BCUT2D eigenvalue weighted by Gasteiger charge is 2.18. The molecular formula is C14H18N4O4S. The molecule has 0 fully saturated rings. The van der Waals surface area contributed by atoms with Crippen molar-refractivity contribution in [2.75, 3.05) is 11.6 Å². The fourth-order valence-electron chi connectivity index (χ4n) is 1.97. The van der Waals surface area contributed by atoms with Gasteiger partial charge in [0, 0.05) is 6.26 Å². The topological polar surface area (TPSA) is 114 Å². The van der Waals surface area contributed by atoms with Crippen molar-refractivity contribution in [3.63, 3.8) is 0 Å². The van der Waals surface area contributed by atoms with Crippen LogP contribution in [0.3, 0.4) is 0 Å². The predicted octanol–water partition coefficient (Wildman–Crippen LogP) is 1.97. The third-order valence-corrected chi connectivity index (χ3v) is 4.20. The van der Waals surface area contributed by atoms with E-state index in [2.05, 4.69) is 20.8 Å². The van der Waals surface area contributed by atoms with E-state index in [1.165, 1.54) is 6.07 Å². The minimum atomic E-state index is -3.46. The third kappa shape index (κ3) is 4.28. The first-order valence-corrected chi connectivity index (χ1v) is 8.74. The summed E-state index contributed by atoms with van der Waals surface area (Å²) in [6.07, 6.45) is 1.09. The first-order valence-electron chi connectivity index (χ1n) is 6.85. The van der Waals surface area contributed by atoms with Gasteiger partial charge in [-0.3, -0.25) is 0 Å². The number of carbonyl (C=O) groups is 1. The lowest BCUT2D eigenvalue weighted by Crippen LogP contribution is -2.31. The fraction of sp³-hybridized carbons (Fsp3) is 0.357. The molecule has 0 bridgehead atoms. The molecule has 0 aliphatic rings. The summed E-state index contributed by atoms with van der Waals surface area (Å²) in [6, 6.07) is 3.65. The van der Waals surface area contributed by atoms with Crippen LogP contribution in [-0.2, 0) is 9.84 Å². The Morgan fingerprint density at radius 1 is 1.30 bits per heavy atom. The van der Waals surface area contributed by atoms with Crippen LogP contribution < -0.4 is 10.6 Å². The van der Waals surface area contributed by atoms with Crippen LogP contribution >= 0.6 is 0 Å². The van der Waals surface area contributed by atoms with Crippen LogP contribution in [0.4, 0.5) is 10.5 Å². The maximum atomic E-state index is 12.1. The van der Waals surface area contributed by atoms with Gasteiger partial charge in [0.05, 0.1) is 10.6 Å². The number of aryl methyl sites for hydroxylation is 2. The van der Waals surface area contributed by atoms with E-state index in [-0.39, 0.29) is 16.5 Å². The number of carbonyl (C=O) groups excluding carboxylic acids is 1. The van der Waals surface area contributed by atoms with Crippen molar-refractivity contribution >= 4 is 21.6 Å². The van der Waals surface area contributed by atoms with Gasteiger partial charge in [-0.1, -0.05) is 11.2 Å². The Morgan fingerprint density at radius 2 is 2.00 bits per heavy atom. The van der Waals surface area contributed by atoms with E-state index in [1.54, 1.807) is 32.9 Å². The average Bonchev–Trinajstić information content (AvgIpc) is 2.84. The second-order valence-electron chi connectivity index (χ2n) is 5.27. The quantitative estimate of drug-likeness (QED) is 0.881. The predicted molar refractivity (Wildman–Crippen MR) is 83.9 cm³/mol. The zero-order chi connectivity index (χ0) is 17.2. The molecule has 2 amide bonds. The van der Waals surface area contributed by atoms with Gasteiger partial charge in [-0.25, -0.2) is 13.2 Å². The van der Waals surface area contributed by atoms with E-state index in [0.717, 1.165) is 11.8 Å². The van der Waals surface area contributed by atoms with Crippen LogP contribution in [0.5, 0.6) is 0 Å². The smallest absolute Gasteiger partial charge is 0.319 e. The second-order valence-corrected chi connectivity index (χ2v) is 7.26. The molecule has 0 saturated heterocycles. The van der Waals surface area contributed by atoms with Gasteiger partial charge >= 0.3 is 6.03 Å². The molecular weight excluding hydrogens is 320 g/mol. The van der Waals surface area contributed by atoms with Crippen LogP contribution in [0.15, 0.2) is 27.6 Å². The number of amides is 2. The minimum absolute atomic E-state index is 0.0551. The monoisotopic (exact) mass is 338 g/mol. The molecule has 23 heavy (non-hydrogen) atoms. The lowest BCUT2D eigenvalue weighted by Gasteiger charge is -2.14. The first kappa shape index (κ1) is 16.9. The molecule has 0 spiro atoms. The van der Waals surface area contributed by atoms with Crippen molar-refractivity contribution in [3.05, 3.63) is 35.5 Å². The number of anilines is 1. The molecule has 0 saturated carbocycles. The molecule has 0 radical (unpaired) electrons. The number of nitrogens with zero attached hydrogens (tertiary/aromatic N) is 2. The number of rotatable bonds is 4. The van der Waals surface area contributed by atoms with Gasteiger partial charge in [-0.15, -0.1) is 0 Å². The van der Waals surface area contributed by atoms with Gasteiger partial charge in [0.1, 0.15) is 6.04 Å². The van der Waals surface area contributed by atoms with Crippen LogP contribution in [-0.4, -0.2) is 30.8 Å². The van der Waals surface area contributed by atoms with E-state index < -0.39 is 21.9 Å². The first-order chi connectivity index (χ1) is 10.7. The normalized spacial score (nSPS) is 12.7. The van der Waals surface area contributed by atoms with E-state index >= 15 is 0 Å². The van der Waals surface area contributed by atoms with Gasteiger partial charge in [0.15, 0.2) is 15.7 Å². The summed E-state index contributed by atoms with van der Waals surface area (Å²) in [6.45, 7) is 5.16. The third-order valence-electron chi connectivity index (χ3n) is 3.04. The molecule has 1 heterocycles. The Bertz CT molecular complexity index is 829. The highest BCUT2D eigenvalue weighted by atomic mass is 32.2. The fourth-order valence-corrected chi connectivity index (χ4v) is 2.80. The molecule has 0 aliphatic heterocycles. The molecule has 1 aromatic carbocycles. The Hall–Kier alpha value is -2.42. The molecule has 0 aliphatic carbocycles. The zero-order valence-electron chi connectivity index (χ0n) is 13.2. The van der Waals surface area contributed by atoms with Gasteiger partial charge in [0.25, 0.3) is 0 Å². The molecule has 2 N–H and O–H groups in total. The minimum Gasteiger partial charge on any atom is -0.337 e. The number of hydrogen-bond acceptors (Lipinski definition) is 6. The van der Waals surface area contributed by atoms with Crippen molar-refractivity contribution in [3.8, 4) is 0 Å². The SMILES string of the molecule is Cc1ccc(S(C)(=O)=O)c(NC(=O)N[C@H](C)c2nc(C)no2)c1. The maximum Gasteiger partial charge on any atom is 0.319 e. The van der Waals surface area contributed by atoms with E-state index in [0.29, 0.717) is 5.82 Å². The van der Waals surface area contributed by atoms with Gasteiger partial charge in [0.2, 0.25) is 5.89 Å². The standard InChI is InChI=1S/C14H18N4O4S/c1-8-5-6-12(23(4,20)21)11(7-8)17-14(19)15-9(2)13-16-10(3)18-22-13/h5-7,9H,1-4H3,(H2,15,17,19)/t9-/m1/s1. The maximum absolute atomic E-state index is 12.1. The Kier molecular flexibility index (Phi) is 4.69. The number of urea groups is 1. The summed E-state index contributed by atoms with van der Waals surface area (Å²) in [5, 5.41) is 8.81. The number of hydrogen-bond donors (Lipinski definition) is 2. The van der Waals surface area contributed by atoms with E-state index in [1.807, 2.05) is 0 Å². The highest BCUT2D eigenvalue weighted by molar-refractivity contribution is 7.90. The summed E-state index contributed by atoms with van der Waals surface area (Å²) in [4.78, 5) is 16.2. The summed E-state index contributed by atoms with van der Waals surface area (Å²) >= 11 is 0. The molecule has 8 nitrogen and oxygen atoms in total. The largest absolute Gasteiger partial charge is 0.337 e. The second kappa shape index (κ2) is 6.37. The van der Waals surface area contributed by atoms with Crippen LogP contribution in [0.1, 0.15) is 30.2 Å². The molecule has 2 rings (SSSR count). The van der Waals surface area contributed by atoms with Gasteiger partial charge in [-0.05, 0) is 38.5 Å². The Morgan fingerprint density at radius 3 is 2.57 bits per heavy atom. The van der Waals surface area contributed by atoms with Crippen LogP contribution in [0.2, 0.25) is 0 Å². The zero-order valence-corrected chi connectivity index (χ0v) is 14.1. The van der Waals surface area contributed by atoms with Crippen molar-refractivity contribution in [2.45, 2.75) is 31.7 Å². The molecule has 9 heteroatoms. The Balaban J connectivity index is 2.16. The highest BCUT2D eigenvalue weighted by Crippen LogP contribution is 2.22. The van der Waals surface area contributed by atoms with Crippen molar-refractivity contribution in [1.82, 2.24) is 15.5 Å². The van der Waals surface area contributed by atoms with Gasteiger partial charge in [-0.2, -0.15) is 4.98 Å². The Labute approximate surface area is 134 Å². The summed E-state index contributed by atoms with van der Waals surface area (Å²) in [5.41, 5.74) is 1.05. The summed E-state index contributed by atoms with van der Waals surface area (Å²) in [7, 11) is -3.46. The molecule has 1 atom stereocenters. The number of sulfone groups is 1.